The van der Waals surface area contributed by atoms with Crippen molar-refractivity contribution in [1.82, 2.24) is 0 Å². The number of carboxylic acids is 1. The van der Waals surface area contributed by atoms with E-state index in [1.54, 1.807) is 0 Å². The van der Waals surface area contributed by atoms with E-state index in [2.05, 4.69) is 0 Å². The summed E-state index contributed by atoms with van der Waals surface area (Å²) in [6.07, 6.45) is -0.559. The van der Waals surface area contributed by atoms with Gasteiger partial charge in [0.15, 0.2) is 4.90 Å². The van der Waals surface area contributed by atoms with E-state index in [0.29, 0.717) is 4.31 Å². The van der Waals surface area contributed by atoms with Crippen molar-refractivity contribution in [3.05, 3.63) is 64.5 Å². The number of nitro benzene ring substituents is 1. The van der Waals surface area contributed by atoms with Crippen molar-refractivity contribution in [2.45, 2.75) is 11.3 Å². The van der Waals surface area contributed by atoms with Gasteiger partial charge in [0.1, 0.15) is 5.82 Å². The van der Waals surface area contributed by atoms with Gasteiger partial charge in [-0.05, 0) is 24.3 Å². The van der Waals surface area contributed by atoms with E-state index in [1.807, 2.05) is 0 Å². The zero-order valence-electron chi connectivity index (χ0n) is 12.7. The standard InChI is InChI=1S/C15H13FN2O6S/c16-11-4-3-5-12(10-11)17(9-8-15(19)20)25(23,24)14-7-2-1-6-13(14)18(21)22/h1-7,10H,8-9H2,(H,19,20). The van der Waals surface area contributed by atoms with Gasteiger partial charge in [-0.15, -0.1) is 0 Å². The van der Waals surface area contributed by atoms with E-state index in [-0.39, 0.29) is 5.69 Å². The van der Waals surface area contributed by atoms with E-state index in [1.165, 1.54) is 24.3 Å². The number of hydrogen-bond acceptors (Lipinski definition) is 5. The number of nitrogens with zero attached hydrogens (tertiary/aromatic N) is 2. The maximum absolute atomic E-state index is 13.5. The van der Waals surface area contributed by atoms with Gasteiger partial charge in [0.2, 0.25) is 0 Å². The first-order valence-corrected chi connectivity index (χ1v) is 8.41. The quantitative estimate of drug-likeness (QED) is 0.592. The Kier molecular flexibility index (Phi) is 5.32. The highest BCUT2D eigenvalue weighted by Gasteiger charge is 2.32. The van der Waals surface area contributed by atoms with Crippen molar-refractivity contribution in [2.75, 3.05) is 10.8 Å². The first-order valence-electron chi connectivity index (χ1n) is 6.97. The summed E-state index contributed by atoms with van der Waals surface area (Å²) in [7, 11) is -4.48. The lowest BCUT2D eigenvalue weighted by Crippen LogP contribution is -2.33. The molecule has 2 aromatic carbocycles. The Hall–Kier alpha value is -3.01. The molecule has 0 amide bonds. The second-order valence-corrected chi connectivity index (χ2v) is 6.76. The SMILES string of the molecule is O=C(O)CCN(c1cccc(F)c1)S(=O)(=O)c1ccccc1[N+](=O)[O-]. The van der Waals surface area contributed by atoms with Crippen molar-refractivity contribution >= 4 is 27.4 Å². The zero-order chi connectivity index (χ0) is 18.6. The van der Waals surface area contributed by atoms with Crippen molar-refractivity contribution in [3.8, 4) is 0 Å². The van der Waals surface area contributed by atoms with Crippen LogP contribution >= 0.6 is 0 Å². The highest BCUT2D eigenvalue weighted by molar-refractivity contribution is 7.93. The van der Waals surface area contributed by atoms with Crippen molar-refractivity contribution in [1.29, 1.82) is 0 Å². The van der Waals surface area contributed by atoms with E-state index in [4.69, 9.17) is 5.11 Å². The van der Waals surface area contributed by atoms with Crippen LogP contribution < -0.4 is 4.31 Å². The number of anilines is 1. The third kappa shape index (κ3) is 4.10. The molecule has 1 N–H and O–H groups in total. The predicted molar refractivity (Wildman–Crippen MR) is 86.3 cm³/mol. The average molecular weight is 368 g/mol. The van der Waals surface area contributed by atoms with Crippen molar-refractivity contribution in [3.63, 3.8) is 0 Å². The average Bonchev–Trinajstić information content (AvgIpc) is 2.54. The van der Waals surface area contributed by atoms with Crippen LogP contribution in [0.1, 0.15) is 6.42 Å². The predicted octanol–water partition coefficient (Wildman–Crippen LogP) is 2.40. The molecule has 0 aromatic heterocycles. The van der Waals surface area contributed by atoms with Gasteiger partial charge in [-0.25, -0.2) is 12.8 Å². The van der Waals surface area contributed by atoms with Crippen LogP contribution in [-0.4, -0.2) is 31.0 Å². The van der Waals surface area contributed by atoms with Gasteiger partial charge < -0.3 is 5.11 Å². The lowest BCUT2D eigenvalue weighted by Gasteiger charge is -2.23. The molecule has 0 saturated heterocycles. The Morgan fingerprint density at radius 1 is 1.20 bits per heavy atom. The monoisotopic (exact) mass is 368 g/mol. The number of carbonyl (C=O) groups is 1. The fourth-order valence-corrected chi connectivity index (χ4v) is 3.78. The minimum absolute atomic E-state index is 0.126. The lowest BCUT2D eigenvalue weighted by atomic mass is 10.3. The van der Waals surface area contributed by atoms with Crippen LogP contribution in [0.4, 0.5) is 15.8 Å². The fraction of sp³-hybridized carbons (Fsp3) is 0.133. The molecule has 0 bridgehead atoms. The van der Waals surface area contributed by atoms with Gasteiger partial charge in [0.25, 0.3) is 15.7 Å². The molecule has 132 valence electrons. The zero-order valence-corrected chi connectivity index (χ0v) is 13.5. The normalized spacial score (nSPS) is 11.1. The maximum Gasteiger partial charge on any atom is 0.305 e. The van der Waals surface area contributed by atoms with Crippen LogP contribution in [0, 0.1) is 15.9 Å². The molecule has 0 radical (unpaired) electrons. The van der Waals surface area contributed by atoms with Crippen molar-refractivity contribution in [2.24, 2.45) is 0 Å². The molecule has 0 unspecified atom stereocenters. The molecule has 0 spiro atoms. The number of carboxylic acid groups (broad SMARTS) is 1. The molecule has 0 atom stereocenters. The summed E-state index contributed by atoms with van der Waals surface area (Å²) in [6.45, 7) is -0.507. The number of benzene rings is 2. The van der Waals surface area contributed by atoms with E-state index in [9.17, 15) is 27.7 Å². The fourth-order valence-electron chi connectivity index (χ4n) is 2.16. The van der Waals surface area contributed by atoms with Gasteiger partial charge in [0, 0.05) is 12.6 Å². The minimum Gasteiger partial charge on any atom is -0.481 e. The molecule has 8 nitrogen and oxygen atoms in total. The molecule has 2 rings (SSSR count). The van der Waals surface area contributed by atoms with Crippen LogP contribution in [-0.2, 0) is 14.8 Å². The molecule has 0 aliphatic heterocycles. The summed E-state index contributed by atoms with van der Waals surface area (Å²) in [5, 5.41) is 20.0. The van der Waals surface area contributed by atoms with Crippen LogP contribution in [0.15, 0.2) is 53.4 Å². The maximum atomic E-state index is 13.5. The van der Waals surface area contributed by atoms with Crippen LogP contribution in [0.5, 0.6) is 0 Å². The van der Waals surface area contributed by atoms with Gasteiger partial charge in [0.05, 0.1) is 17.0 Å². The Morgan fingerprint density at radius 2 is 1.88 bits per heavy atom. The van der Waals surface area contributed by atoms with Crippen LogP contribution in [0.2, 0.25) is 0 Å². The molecule has 0 aliphatic carbocycles. The summed E-state index contributed by atoms with van der Waals surface area (Å²) < 4.78 is 39.9. The smallest absolute Gasteiger partial charge is 0.305 e. The van der Waals surface area contributed by atoms with Gasteiger partial charge in [-0.3, -0.25) is 19.2 Å². The van der Waals surface area contributed by atoms with Gasteiger partial charge in [-0.1, -0.05) is 18.2 Å². The first-order chi connectivity index (χ1) is 11.7. The topological polar surface area (TPSA) is 118 Å². The number of aliphatic carboxylic acids is 1. The summed E-state index contributed by atoms with van der Waals surface area (Å²) in [5.41, 5.74) is -0.779. The molecular formula is C15H13FN2O6S. The van der Waals surface area contributed by atoms with E-state index in [0.717, 1.165) is 24.3 Å². The largest absolute Gasteiger partial charge is 0.481 e. The molecule has 10 heteroatoms. The minimum atomic E-state index is -4.48. The second-order valence-electron chi connectivity index (χ2n) is 4.93. The Labute approximate surface area is 142 Å². The number of sulfonamides is 1. The van der Waals surface area contributed by atoms with Crippen LogP contribution in [0.3, 0.4) is 0 Å². The molecule has 0 aliphatic rings. The van der Waals surface area contributed by atoms with Gasteiger partial charge >= 0.3 is 5.97 Å². The highest BCUT2D eigenvalue weighted by atomic mass is 32.2. The second kappa shape index (κ2) is 7.26. The molecule has 0 saturated carbocycles. The van der Waals surface area contributed by atoms with Crippen LogP contribution in [0.25, 0.3) is 0 Å². The third-order valence-electron chi connectivity index (χ3n) is 3.25. The molecule has 25 heavy (non-hydrogen) atoms. The number of hydrogen-bond donors (Lipinski definition) is 1. The summed E-state index contributed by atoms with van der Waals surface area (Å²) in [4.78, 5) is 20.5. The Morgan fingerprint density at radius 3 is 2.48 bits per heavy atom. The number of halogens is 1. The van der Waals surface area contributed by atoms with Crippen molar-refractivity contribution < 1.29 is 27.6 Å². The van der Waals surface area contributed by atoms with Gasteiger partial charge in [-0.2, -0.15) is 0 Å². The number of para-hydroxylation sites is 1. The third-order valence-corrected chi connectivity index (χ3v) is 5.13. The summed E-state index contributed by atoms with van der Waals surface area (Å²) in [5.74, 6) is -1.99. The molecule has 0 fully saturated rings. The summed E-state index contributed by atoms with van der Waals surface area (Å²) >= 11 is 0. The molecule has 2 aromatic rings. The van der Waals surface area contributed by atoms with E-state index < -0.39 is 50.3 Å². The lowest BCUT2D eigenvalue weighted by molar-refractivity contribution is -0.387. The Bertz CT molecular complexity index is 916. The molecule has 0 heterocycles. The van der Waals surface area contributed by atoms with E-state index >= 15 is 0 Å². The summed E-state index contributed by atoms with van der Waals surface area (Å²) in [6, 6.07) is 9.21. The number of nitro groups is 1. The highest BCUT2D eigenvalue weighted by Crippen LogP contribution is 2.30. The first kappa shape index (κ1) is 18.3. The Balaban J connectivity index is 2.60. The molecular weight excluding hydrogens is 355 g/mol. The number of rotatable bonds is 7.